The minimum absolute atomic E-state index is 0.0354. The Morgan fingerprint density at radius 2 is 1.54 bits per heavy atom. The van der Waals surface area contributed by atoms with Crippen molar-refractivity contribution in [1.29, 1.82) is 0 Å². The van der Waals surface area contributed by atoms with Gasteiger partial charge in [-0.05, 0) is 23.8 Å². The fraction of sp³-hybridized carbons (Fsp3) is 0.111. The van der Waals surface area contributed by atoms with E-state index in [1.54, 1.807) is 24.3 Å². The third kappa shape index (κ3) is 3.51. The zero-order chi connectivity index (χ0) is 18.9. The maximum absolute atomic E-state index is 13.1. The standard InChI is InChI=1S/C18H15F3N2O2S/c19-18(20,21)15-8-2-1-5-12(15)11-23-26(24,25)17-10-4-6-13-14(17)7-3-9-16(13)22/h1-10,23H,11,22H2. The normalized spacial score (nSPS) is 12.4. The van der Waals surface area contributed by atoms with Crippen LogP contribution in [0.3, 0.4) is 0 Å². The van der Waals surface area contributed by atoms with E-state index in [9.17, 15) is 21.6 Å². The lowest BCUT2D eigenvalue weighted by molar-refractivity contribution is -0.138. The van der Waals surface area contributed by atoms with Gasteiger partial charge in [-0.2, -0.15) is 13.2 Å². The van der Waals surface area contributed by atoms with Crippen molar-refractivity contribution in [1.82, 2.24) is 4.72 Å². The van der Waals surface area contributed by atoms with E-state index in [0.29, 0.717) is 16.5 Å². The molecule has 26 heavy (non-hydrogen) atoms. The minimum Gasteiger partial charge on any atom is -0.398 e. The number of hydrogen-bond acceptors (Lipinski definition) is 3. The molecule has 0 aliphatic carbocycles. The van der Waals surface area contributed by atoms with Gasteiger partial charge in [-0.1, -0.05) is 42.5 Å². The Bertz CT molecular complexity index is 1060. The van der Waals surface area contributed by atoms with Gasteiger partial charge in [-0.25, -0.2) is 13.1 Å². The second-order valence-corrected chi connectivity index (χ2v) is 7.41. The van der Waals surface area contributed by atoms with E-state index >= 15 is 0 Å². The predicted molar refractivity (Wildman–Crippen MR) is 93.8 cm³/mol. The number of anilines is 1. The van der Waals surface area contributed by atoms with E-state index in [2.05, 4.69) is 4.72 Å². The molecule has 0 atom stereocenters. The number of sulfonamides is 1. The fourth-order valence-corrected chi connectivity index (χ4v) is 3.97. The molecule has 0 amide bonds. The number of halogens is 3. The number of rotatable bonds is 4. The molecule has 0 radical (unpaired) electrons. The molecule has 8 heteroatoms. The van der Waals surface area contributed by atoms with E-state index in [0.717, 1.165) is 6.07 Å². The molecule has 0 aliphatic rings. The van der Waals surface area contributed by atoms with Crippen LogP contribution in [0.4, 0.5) is 18.9 Å². The van der Waals surface area contributed by atoms with Crippen molar-refractivity contribution in [2.75, 3.05) is 5.73 Å². The quantitative estimate of drug-likeness (QED) is 0.674. The van der Waals surface area contributed by atoms with Crippen molar-refractivity contribution in [2.45, 2.75) is 17.6 Å². The lowest BCUT2D eigenvalue weighted by Gasteiger charge is -2.14. The van der Waals surface area contributed by atoms with Crippen LogP contribution in [0.15, 0.2) is 65.6 Å². The topological polar surface area (TPSA) is 72.2 Å². The Morgan fingerprint density at radius 3 is 2.27 bits per heavy atom. The first kappa shape index (κ1) is 18.2. The largest absolute Gasteiger partial charge is 0.416 e. The minimum atomic E-state index is -4.56. The van der Waals surface area contributed by atoms with Gasteiger partial charge in [-0.3, -0.25) is 0 Å². The van der Waals surface area contributed by atoms with Crippen LogP contribution >= 0.6 is 0 Å². The van der Waals surface area contributed by atoms with Gasteiger partial charge >= 0.3 is 6.18 Å². The van der Waals surface area contributed by atoms with E-state index in [-0.39, 0.29) is 10.5 Å². The van der Waals surface area contributed by atoms with Crippen molar-refractivity contribution < 1.29 is 21.6 Å². The van der Waals surface area contributed by atoms with Crippen LogP contribution in [-0.4, -0.2) is 8.42 Å². The summed E-state index contributed by atoms with van der Waals surface area (Å²) in [6, 6.07) is 14.3. The maximum atomic E-state index is 13.1. The number of nitrogens with one attached hydrogen (secondary N) is 1. The van der Waals surface area contributed by atoms with Gasteiger partial charge < -0.3 is 5.73 Å². The monoisotopic (exact) mass is 380 g/mol. The first-order valence-electron chi connectivity index (χ1n) is 7.62. The summed E-state index contributed by atoms with van der Waals surface area (Å²) in [4.78, 5) is -0.0354. The maximum Gasteiger partial charge on any atom is 0.416 e. The Labute approximate surface area is 148 Å². The molecule has 0 saturated carbocycles. The molecule has 3 aromatic rings. The highest BCUT2D eigenvalue weighted by molar-refractivity contribution is 7.89. The highest BCUT2D eigenvalue weighted by atomic mass is 32.2. The van der Waals surface area contributed by atoms with Crippen LogP contribution in [0.2, 0.25) is 0 Å². The SMILES string of the molecule is Nc1cccc2c(S(=O)(=O)NCc3ccccc3C(F)(F)F)cccc12. The molecule has 0 aromatic heterocycles. The summed E-state index contributed by atoms with van der Waals surface area (Å²) in [7, 11) is -4.04. The zero-order valence-corrected chi connectivity index (χ0v) is 14.2. The van der Waals surface area contributed by atoms with Crippen molar-refractivity contribution in [3.8, 4) is 0 Å². The van der Waals surface area contributed by atoms with Crippen LogP contribution < -0.4 is 10.5 Å². The highest BCUT2D eigenvalue weighted by Gasteiger charge is 2.33. The lowest BCUT2D eigenvalue weighted by atomic mass is 10.1. The van der Waals surface area contributed by atoms with Gasteiger partial charge in [0, 0.05) is 23.0 Å². The summed E-state index contributed by atoms with van der Waals surface area (Å²) >= 11 is 0. The third-order valence-corrected chi connectivity index (χ3v) is 5.44. The molecular formula is C18H15F3N2O2S. The fourth-order valence-electron chi connectivity index (χ4n) is 2.74. The van der Waals surface area contributed by atoms with Crippen LogP contribution in [0.5, 0.6) is 0 Å². The molecule has 3 rings (SSSR count). The summed E-state index contributed by atoms with van der Waals surface area (Å²) in [5.74, 6) is 0. The molecule has 0 aliphatic heterocycles. The van der Waals surface area contributed by atoms with E-state index in [1.807, 2.05) is 0 Å². The number of nitrogens with two attached hydrogens (primary N) is 1. The molecule has 0 heterocycles. The van der Waals surface area contributed by atoms with E-state index < -0.39 is 28.3 Å². The van der Waals surface area contributed by atoms with E-state index in [4.69, 9.17) is 5.73 Å². The summed E-state index contributed by atoms with van der Waals surface area (Å²) in [5, 5.41) is 0.968. The van der Waals surface area contributed by atoms with Crippen molar-refractivity contribution >= 4 is 26.5 Å². The number of hydrogen-bond donors (Lipinski definition) is 2. The number of alkyl halides is 3. The van der Waals surface area contributed by atoms with Gasteiger partial charge in [-0.15, -0.1) is 0 Å². The molecule has 0 fully saturated rings. The Balaban J connectivity index is 1.96. The number of nitrogen functional groups attached to an aromatic ring is 1. The van der Waals surface area contributed by atoms with E-state index in [1.165, 1.54) is 30.3 Å². The van der Waals surface area contributed by atoms with Gasteiger partial charge in [0.1, 0.15) is 0 Å². The highest BCUT2D eigenvalue weighted by Crippen LogP contribution is 2.32. The summed E-state index contributed by atoms with van der Waals surface area (Å²) in [6.45, 7) is -0.475. The van der Waals surface area contributed by atoms with Crippen LogP contribution in [0, 0.1) is 0 Å². The van der Waals surface area contributed by atoms with Crippen LogP contribution in [0.25, 0.3) is 10.8 Å². The molecule has 3 aromatic carbocycles. The molecule has 3 N–H and O–H groups in total. The number of benzene rings is 3. The van der Waals surface area contributed by atoms with Crippen molar-refractivity contribution in [3.05, 3.63) is 71.8 Å². The molecule has 0 bridgehead atoms. The Kier molecular flexibility index (Phi) is 4.64. The first-order valence-corrected chi connectivity index (χ1v) is 9.10. The molecule has 0 saturated heterocycles. The van der Waals surface area contributed by atoms with Crippen LogP contribution in [-0.2, 0) is 22.7 Å². The summed E-state index contributed by atoms with van der Waals surface area (Å²) < 4.78 is 66.7. The average Bonchev–Trinajstić information content (AvgIpc) is 2.59. The van der Waals surface area contributed by atoms with Gasteiger partial charge in [0.25, 0.3) is 0 Å². The van der Waals surface area contributed by atoms with Gasteiger partial charge in [0.15, 0.2) is 0 Å². The lowest BCUT2D eigenvalue weighted by Crippen LogP contribution is -2.25. The second kappa shape index (κ2) is 6.62. The summed E-state index contributed by atoms with van der Waals surface area (Å²) in [6.07, 6.45) is -4.56. The van der Waals surface area contributed by atoms with Crippen LogP contribution in [0.1, 0.15) is 11.1 Å². The second-order valence-electron chi connectivity index (χ2n) is 5.68. The summed E-state index contributed by atoms with van der Waals surface area (Å²) in [5.41, 5.74) is 5.26. The number of fused-ring (bicyclic) bond motifs is 1. The zero-order valence-electron chi connectivity index (χ0n) is 13.4. The predicted octanol–water partition coefficient (Wildman–Crippen LogP) is 3.92. The average molecular weight is 380 g/mol. The first-order chi connectivity index (χ1) is 12.2. The van der Waals surface area contributed by atoms with Gasteiger partial charge in [0.05, 0.1) is 10.5 Å². The smallest absolute Gasteiger partial charge is 0.398 e. The Morgan fingerprint density at radius 1 is 0.885 bits per heavy atom. The molecule has 0 spiro atoms. The third-order valence-electron chi connectivity index (χ3n) is 3.98. The van der Waals surface area contributed by atoms with Gasteiger partial charge in [0.2, 0.25) is 10.0 Å². The molecule has 4 nitrogen and oxygen atoms in total. The molecular weight excluding hydrogens is 365 g/mol. The molecule has 0 unspecified atom stereocenters. The van der Waals surface area contributed by atoms with Crippen molar-refractivity contribution in [2.24, 2.45) is 0 Å². The van der Waals surface area contributed by atoms with Crippen molar-refractivity contribution in [3.63, 3.8) is 0 Å². The Hall–Kier alpha value is -2.58. The molecule has 136 valence electrons.